The van der Waals surface area contributed by atoms with Crippen LogP contribution in [0, 0.1) is 0 Å². The molecule has 8 heteroatoms. The first-order chi connectivity index (χ1) is 13.5. The summed E-state index contributed by atoms with van der Waals surface area (Å²) in [6.45, 7) is 6.81. The standard InChI is InChI=1S/C21H28N2O4S2/c1-21(2,3)17-9-11-20(12-10-17)29(26,27)23-15-13-18(14-16-23)22-28(24,25)19-7-5-4-6-8-19/h4-12,18,22H,13-16H2,1-3H3. The zero-order valence-corrected chi connectivity index (χ0v) is 18.6. The van der Waals surface area contributed by atoms with Gasteiger partial charge in [0.15, 0.2) is 0 Å². The topological polar surface area (TPSA) is 83.6 Å². The maximum Gasteiger partial charge on any atom is 0.243 e. The summed E-state index contributed by atoms with van der Waals surface area (Å²) in [6.07, 6.45) is 0.872. The van der Waals surface area contributed by atoms with Gasteiger partial charge < -0.3 is 0 Å². The summed E-state index contributed by atoms with van der Waals surface area (Å²) in [4.78, 5) is 0.489. The van der Waals surface area contributed by atoms with E-state index in [1.165, 1.54) is 4.31 Å². The molecule has 1 aliphatic rings. The summed E-state index contributed by atoms with van der Waals surface area (Å²) >= 11 is 0. The fraction of sp³-hybridized carbons (Fsp3) is 0.429. The van der Waals surface area contributed by atoms with Crippen molar-refractivity contribution in [2.45, 2.75) is 54.9 Å². The largest absolute Gasteiger partial charge is 0.243 e. The molecule has 0 radical (unpaired) electrons. The van der Waals surface area contributed by atoms with Crippen molar-refractivity contribution in [2.75, 3.05) is 13.1 Å². The number of piperidine rings is 1. The first-order valence-corrected chi connectivity index (χ1v) is 12.6. The van der Waals surface area contributed by atoms with Crippen LogP contribution in [0.5, 0.6) is 0 Å². The zero-order valence-electron chi connectivity index (χ0n) is 17.0. The first-order valence-electron chi connectivity index (χ1n) is 9.68. The Morgan fingerprint density at radius 3 is 1.90 bits per heavy atom. The number of sulfonamides is 2. The first kappa shape index (κ1) is 22.0. The molecule has 1 fully saturated rings. The van der Waals surface area contributed by atoms with Crippen LogP contribution in [0.2, 0.25) is 0 Å². The molecule has 2 aromatic rings. The number of rotatable bonds is 5. The Balaban J connectivity index is 1.65. The fourth-order valence-corrected chi connectivity index (χ4v) is 6.17. The van der Waals surface area contributed by atoms with E-state index in [4.69, 9.17) is 0 Å². The third kappa shape index (κ3) is 5.06. The van der Waals surface area contributed by atoms with Gasteiger partial charge in [0.1, 0.15) is 0 Å². The highest BCUT2D eigenvalue weighted by molar-refractivity contribution is 7.89. The molecular weight excluding hydrogens is 408 g/mol. The molecular formula is C21H28N2O4S2. The van der Waals surface area contributed by atoms with Crippen molar-refractivity contribution in [3.05, 3.63) is 60.2 Å². The van der Waals surface area contributed by atoms with E-state index < -0.39 is 20.0 Å². The Hall–Kier alpha value is -1.74. The van der Waals surface area contributed by atoms with Gasteiger partial charge in [-0.1, -0.05) is 51.1 Å². The van der Waals surface area contributed by atoms with Gasteiger partial charge in [0.25, 0.3) is 0 Å². The third-order valence-electron chi connectivity index (χ3n) is 5.19. The van der Waals surface area contributed by atoms with E-state index in [0.717, 1.165) is 5.56 Å². The van der Waals surface area contributed by atoms with Crippen LogP contribution in [0.15, 0.2) is 64.4 Å². The molecule has 1 heterocycles. The molecule has 1 aliphatic heterocycles. The van der Waals surface area contributed by atoms with Crippen molar-refractivity contribution in [2.24, 2.45) is 0 Å². The molecule has 0 saturated carbocycles. The van der Waals surface area contributed by atoms with Crippen LogP contribution < -0.4 is 4.72 Å². The van der Waals surface area contributed by atoms with Crippen molar-refractivity contribution in [3.63, 3.8) is 0 Å². The highest BCUT2D eigenvalue weighted by atomic mass is 32.2. The average molecular weight is 437 g/mol. The van der Waals surface area contributed by atoms with Crippen molar-refractivity contribution in [1.82, 2.24) is 9.03 Å². The fourth-order valence-electron chi connectivity index (χ4n) is 3.38. The van der Waals surface area contributed by atoms with Crippen molar-refractivity contribution in [1.29, 1.82) is 0 Å². The van der Waals surface area contributed by atoms with E-state index in [1.807, 2.05) is 12.1 Å². The maximum atomic E-state index is 12.9. The Morgan fingerprint density at radius 1 is 0.828 bits per heavy atom. The molecule has 0 aromatic heterocycles. The van der Waals surface area contributed by atoms with Crippen LogP contribution in [-0.2, 0) is 25.5 Å². The van der Waals surface area contributed by atoms with E-state index in [9.17, 15) is 16.8 Å². The summed E-state index contributed by atoms with van der Waals surface area (Å²) in [5.74, 6) is 0. The van der Waals surface area contributed by atoms with E-state index in [1.54, 1.807) is 42.5 Å². The predicted molar refractivity (Wildman–Crippen MR) is 114 cm³/mol. The smallest absolute Gasteiger partial charge is 0.208 e. The van der Waals surface area contributed by atoms with Crippen molar-refractivity contribution >= 4 is 20.0 Å². The van der Waals surface area contributed by atoms with E-state index in [2.05, 4.69) is 25.5 Å². The number of hydrogen-bond acceptors (Lipinski definition) is 4. The predicted octanol–water partition coefficient (Wildman–Crippen LogP) is 3.12. The maximum absolute atomic E-state index is 12.9. The lowest BCUT2D eigenvalue weighted by Gasteiger charge is -2.31. The van der Waals surface area contributed by atoms with Crippen LogP contribution in [0.3, 0.4) is 0 Å². The highest BCUT2D eigenvalue weighted by Crippen LogP contribution is 2.26. The molecule has 29 heavy (non-hydrogen) atoms. The van der Waals surface area contributed by atoms with E-state index >= 15 is 0 Å². The molecule has 2 aromatic carbocycles. The van der Waals surface area contributed by atoms with Crippen molar-refractivity contribution < 1.29 is 16.8 Å². The monoisotopic (exact) mass is 436 g/mol. The molecule has 0 unspecified atom stereocenters. The molecule has 0 spiro atoms. The van der Waals surface area contributed by atoms with Gasteiger partial charge in [-0.05, 0) is 48.1 Å². The van der Waals surface area contributed by atoms with Gasteiger partial charge in [-0.25, -0.2) is 21.6 Å². The molecule has 0 bridgehead atoms. The highest BCUT2D eigenvalue weighted by Gasteiger charge is 2.31. The second-order valence-electron chi connectivity index (χ2n) is 8.39. The average Bonchev–Trinajstić information content (AvgIpc) is 2.68. The second-order valence-corrected chi connectivity index (χ2v) is 12.0. The van der Waals surface area contributed by atoms with Crippen molar-refractivity contribution in [3.8, 4) is 0 Å². The van der Waals surface area contributed by atoms with Crippen LogP contribution >= 0.6 is 0 Å². The Kier molecular flexibility index (Phi) is 6.19. The molecule has 6 nitrogen and oxygen atoms in total. The normalized spacial score (nSPS) is 17.3. The minimum atomic E-state index is -3.60. The molecule has 1 saturated heterocycles. The molecule has 3 rings (SSSR count). The van der Waals surface area contributed by atoms with Gasteiger partial charge in [-0.3, -0.25) is 0 Å². The quantitative estimate of drug-likeness (QED) is 0.781. The molecule has 0 atom stereocenters. The van der Waals surface area contributed by atoms with Gasteiger partial charge in [-0.15, -0.1) is 0 Å². The van der Waals surface area contributed by atoms with Gasteiger partial charge in [-0.2, -0.15) is 4.31 Å². The summed E-state index contributed by atoms with van der Waals surface area (Å²) in [7, 11) is -7.19. The Labute approximate surface area is 174 Å². The SMILES string of the molecule is CC(C)(C)c1ccc(S(=O)(=O)N2CCC(NS(=O)(=O)c3ccccc3)CC2)cc1. The van der Waals surface area contributed by atoms with E-state index in [-0.39, 0.29) is 34.3 Å². The van der Waals surface area contributed by atoms with Gasteiger partial charge in [0.05, 0.1) is 9.79 Å². The van der Waals surface area contributed by atoms with Crippen LogP contribution in [-0.4, -0.2) is 40.3 Å². The van der Waals surface area contributed by atoms with Crippen LogP contribution in [0.1, 0.15) is 39.2 Å². The number of nitrogens with zero attached hydrogens (tertiary/aromatic N) is 1. The number of nitrogens with one attached hydrogen (secondary N) is 1. The van der Waals surface area contributed by atoms with Gasteiger partial charge >= 0.3 is 0 Å². The lowest BCUT2D eigenvalue weighted by atomic mass is 9.87. The second kappa shape index (κ2) is 8.18. The lowest BCUT2D eigenvalue weighted by molar-refractivity contribution is 0.308. The summed E-state index contributed by atoms with van der Waals surface area (Å²) in [6, 6.07) is 14.9. The third-order valence-corrected chi connectivity index (χ3v) is 8.64. The minimum absolute atomic E-state index is 0.0451. The van der Waals surface area contributed by atoms with Gasteiger partial charge in [0.2, 0.25) is 20.0 Å². The number of benzene rings is 2. The summed E-state index contributed by atoms with van der Waals surface area (Å²) in [5.41, 5.74) is 1.03. The lowest BCUT2D eigenvalue weighted by Crippen LogP contribution is -2.46. The zero-order chi connectivity index (χ0) is 21.3. The summed E-state index contributed by atoms with van der Waals surface area (Å²) < 4.78 is 55.0. The Bertz CT molecular complexity index is 1030. The molecule has 0 amide bonds. The van der Waals surface area contributed by atoms with Crippen LogP contribution in [0.4, 0.5) is 0 Å². The molecule has 0 aliphatic carbocycles. The minimum Gasteiger partial charge on any atom is -0.208 e. The van der Waals surface area contributed by atoms with E-state index in [0.29, 0.717) is 12.8 Å². The van der Waals surface area contributed by atoms with Gasteiger partial charge in [0, 0.05) is 19.1 Å². The van der Waals surface area contributed by atoms with Crippen LogP contribution in [0.25, 0.3) is 0 Å². The molecule has 158 valence electrons. The number of hydrogen-bond donors (Lipinski definition) is 1. The summed E-state index contributed by atoms with van der Waals surface area (Å²) in [5, 5.41) is 0. The Morgan fingerprint density at radius 2 is 1.38 bits per heavy atom. The molecule has 1 N–H and O–H groups in total.